The fraction of sp³-hybridized carbons (Fsp3) is 0.778. The summed E-state index contributed by atoms with van der Waals surface area (Å²) in [6.07, 6.45) is 1.04. The van der Waals surface area contributed by atoms with Crippen LogP contribution in [0.2, 0.25) is 0 Å². The number of ether oxygens (including phenoxy) is 1. The zero-order valence-electron chi connectivity index (χ0n) is 7.64. The first-order valence-corrected chi connectivity index (χ1v) is 3.90. The van der Waals surface area contributed by atoms with E-state index in [0.29, 0.717) is 19.4 Å². The van der Waals surface area contributed by atoms with Gasteiger partial charge in [-0.3, -0.25) is 4.79 Å². The zero-order valence-corrected chi connectivity index (χ0v) is 7.64. The minimum atomic E-state index is -0.144. The van der Waals surface area contributed by atoms with Crippen molar-refractivity contribution in [3.8, 4) is 0 Å². The summed E-state index contributed by atoms with van der Waals surface area (Å²) >= 11 is 0. The molecule has 0 fully saturated rings. The van der Waals surface area contributed by atoms with Crippen molar-refractivity contribution in [2.45, 2.75) is 33.6 Å². The fourth-order valence-electron chi connectivity index (χ4n) is 0.514. The topological polar surface area (TPSA) is 26.3 Å². The van der Waals surface area contributed by atoms with Crippen LogP contribution in [0.4, 0.5) is 0 Å². The van der Waals surface area contributed by atoms with Gasteiger partial charge < -0.3 is 4.74 Å². The second-order valence-electron chi connectivity index (χ2n) is 3.82. The molecule has 0 aromatic heterocycles. The summed E-state index contributed by atoms with van der Waals surface area (Å²) in [5.41, 5.74) is 0.0663. The Morgan fingerprint density at radius 2 is 2.00 bits per heavy atom. The highest BCUT2D eigenvalue weighted by Crippen LogP contribution is 2.13. The lowest BCUT2D eigenvalue weighted by atomic mass is 9.99. The molecule has 0 aliphatic heterocycles. The summed E-state index contributed by atoms with van der Waals surface area (Å²) < 4.78 is 4.97. The Morgan fingerprint density at radius 1 is 1.45 bits per heavy atom. The SMILES string of the molecule is [CH2]CCC(=O)OCC(C)(C)C. The van der Waals surface area contributed by atoms with Gasteiger partial charge in [0.15, 0.2) is 0 Å². The molecule has 0 rings (SSSR count). The minimum absolute atomic E-state index is 0.0663. The second kappa shape index (κ2) is 4.37. The van der Waals surface area contributed by atoms with Gasteiger partial charge in [0.2, 0.25) is 0 Å². The molecule has 0 aromatic rings. The van der Waals surface area contributed by atoms with E-state index >= 15 is 0 Å². The molecular weight excluding hydrogens is 140 g/mol. The number of esters is 1. The monoisotopic (exact) mass is 157 g/mol. The Kier molecular flexibility index (Phi) is 4.16. The van der Waals surface area contributed by atoms with Crippen LogP contribution in [-0.4, -0.2) is 12.6 Å². The largest absolute Gasteiger partial charge is 0.465 e. The van der Waals surface area contributed by atoms with Crippen molar-refractivity contribution in [1.82, 2.24) is 0 Å². The number of carbonyl (C=O) groups is 1. The van der Waals surface area contributed by atoms with Crippen LogP contribution in [0.15, 0.2) is 0 Å². The molecule has 0 saturated heterocycles. The Hall–Kier alpha value is -0.530. The number of carbonyl (C=O) groups excluding carboxylic acids is 1. The van der Waals surface area contributed by atoms with Gasteiger partial charge >= 0.3 is 5.97 Å². The third-order valence-electron chi connectivity index (χ3n) is 1.05. The summed E-state index contributed by atoms with van der Waals surface area (Å²) in [4.78, 5) is 10.8. The van der Waals surface area contributed by atoms with Crippen LogP contribution in [0, 0.1) is 12.3 Å². The van der Waals surface area contributed by atoms with E-state index in [1.165, 1.54) is 0 Å². The lowest BCUT2D eigenvalue weighted by Crippen LogP contribution is -2.17. The molecule has 0 bridgehead atoms. The van der Waals surface area contributed by atoms with Gasteiger partial charge in [0, 0.05) is 6.42 Å². The first-order chi connectivity index (χ1) is 4.95. The maximum absolute atomic E-state index is 10.8. The van der Waals surface area contributed by atoms with Gasteiger partial charge in [0.1, 0.15) is 0 Å². The molecule has 65 valence electrons. The molecule has 0 aromatic carbocycles. The summed E-state index contributed by atoms with van der Waals surface area (Å²) in [6.45, 7) is 10.2. The van der Waals surface area contributed by atoms with Gasteiger partial charge in [0.05, 0.1) is 6.61 Å². The van der Waals surface area contributed by atoms with Gasteiger partial charge in [-0.1, -0.05) is 27.7 Å². The third-order valence-corrected chi connectivity index (χ3v) is 1.05. The first kappa shape index (κ1) is 10.5. The summed E-state index contributed by atoms with van der Waals surface area (Å²) in [6, 6.07) is 0. The van der Waals surface area contributed by atoms with Crippen molar-refractivity contribution in [3.05, 3.63) is 6.92 Å². The molecule has 0 heterocycles. The van der Waals surface area contributed by atoms with E-state index in [2.05, 4.69) is 6.92 Å². The molecule has 1 radical (unpaired) electrons. The van der Waals surface area contributed by atoms with Gasteiger partial charge in [-0.15, -0.1) is 0 Å². The van der Waals surface area contributed by atoms with E-state index in [4.69, 9.17) is 4.74 Å². The molecule has 0 aliphatic rings. The molecule has 2 nitrogen and oxygen atoms in total. The first-order valence-electron chi connectivity index (χ1n) is 3.90. The standard InChI is InChI=1S/C9H17O2/c1-5-6-8(10)11-7-9(2,3)4/h1,5-7H2,2-4H3. The maximum atomic E-state index is 10.8. The van der Waals surface area contributed by atoms with Gasteiger partial charge in [-0.05, 0) is 11.8 Å². The molecule has 0 aliphatic carbocycles. The Labute approximate surface area is 68.9 Å². The van der Waals surface area contributed by atoms with Gasteiger partial charge in [-0.25, -0.2) is 0 Å². The van der Waals surface area contributed by atoms with Crippen LogP contribution in [-0.2, 0) is 9.53 Å². The van der Waals surface area contributed by atoms with Crippen LogP contribution in [0.1, 0.15) is 33.6 Å². The maximum Gasteiger partial charge on any atom is 0.305 e. The quantitative estimate of drug-likeness (QED) is 0.587. The number of rotatable bonds is 3. The van der Waals surface area contributed by atoms with E-state index in [1.807, 2.05) is 20.8 Å². The van der Waals surface area contributed by atoms with Crippen LogP contribution in [0.25, 0.3) is 0 Å². The molecule has 2 heteroatoms. The van der Waals surface area contributed by atoms with Crippen LogP contribution >= 0.6 is 0 Å². The van der Waals surface area contributed by atoms with Crippen LogP contribution in [0.3, 0.4) is 0 Å². The lowest BCUT2D eigenvalue weighted by molar-refractivity contribution is -0.146. The highest BCUT2D eigenvalue weighted by Gasteiger charge is 2.12. The molecule has 0 unspecified atom stereocenters. The van der Waals surface area contributed by atoms with Crippen molar-refractivity contribution >= 4 is 5.97 Å². The molecule has 0 spiro atoms. The fourth-order valence-corrected chi connectivity index (χ4v) is 0.514. The molecular formula is C9H17O2. The normalized spacial score (nSPS) is 11.3. The van der Waals surface area contributed by atoms with Crippen molar-refractivity contribution in [1.29, 1.82) is 0 Å². The Morgan fingerprint density at radius 3 is 2.36 bits per heavy atom. The van der Waals surface area contributed by atoms with Crippen molar-refractivity contribution in [2.24, 2.45) is 5.41 Å². The van der Waals surface area contributed by atoms with Crippen molar-refractivity contribution in [2.75, 3.05) is 6.61 Å². The summed E-state index contributed by atoms with van der Waals surface area (Å²) in [5, 5.41) is 0. The molecule has 0 atom stereocenters. The lowest BCUT2D eigenvalue weighted by Gasteiger charge is -2.17. The molecule has 0 saturated carbocycles. The summed E-state index contributed by atoms with van der Waals surface area (Å²) in [5.74, 6) is -0.144. The number of hydrogen-bond acceptors (Lipinski definition) is 2. The van der Waals surface area contributed by atoms with E-state index in [0.717, 1.165) is 0 Å². The Balaban J connectivity index is 3.46. The molecule has 11 heavy (non-hydrogen) atoms. The average molecular weight is 157 g/mol. The van der Waals surface area contributed by atoms with Crippen LogP contribution < -0.4 is 0 Å². The smallest absolute Gasteiger partial charge is 0.305 e. The highest BCUT2D eigenvalue weighted by molar-refractivity contribution is 5.69. The predicted octanol–water partition coefficient (Wildman–Crippen LogP) is 2.19. The summed E-state index contributed by atoms with van der Waals surface area (Å²) in [7, 11) is 0. The van der Waals surface area contributed by atoms with Gasteiger partial charge in [-0.2, -0.15) is 0 Å². The van der Waals surface area contributed by atoms with Crippen molar-refractivity contribution < 1.29 is 9.53 Å². The molecule has 0 N–H and O–H groups in total. The van der Waals surface area contributed by atoms with E-state index in [9.17, 15) is 4.79 Å². The Bertz CT molecular complexity index is 122. The average Bonchev–Trinajstić information content (AvgIpc) is 1.83. The zero-order chi connectivity index (χ0) is 8.91. The predicted molar refractivity (Wildman–Crippen MR) is 45.0 cm³/mol. The number of hydrogen-bond donors (Lipinski definition) is 0. The highest BCUT2D eigenvalue weighted by atomic mass is 16.5. The van der Waals surface area contributed by atoms with Crippen LogP contribution in [0.5, 0.6) is 0 Å². The van der Waals surface area contributed by atoms with E-state index in [-0.39, 0.29) is 11.4 Å². The third kappa shape index (κ3) is 7.37. The van der Waals surface area contributed by atoms with Crippen molar-refractivity contribution in [3.63, 3.8) is 0 Å². The van der Waals surface area contributed by atoms with E-state index in [1.54, 1.807) is 0 Å². The minimum Gasteiger partial charge on any atom is -0.465 e. The molecule has 0 amide bonds. The van der Waals surface area contributed by atoms with E-state index < -0.39 is 0 Å². The van der Waals surface area contributed by atoms with Gasteiger partial charge in [0.25, 0.3) is 0 Å². The second-order valence-corrected chi connectivity index (χ2v) is 3.82.